The molecule has 0 aliphatic rings. The van der Waals surface area contributed by atoms with Gasteiger partial charge in [0.25, 0.3) is 0 Å². The second-order valence-corrected chi connectivity index (χ2v) is 7.66. The van der Waals surface area contributed by atoms with E-state index in [1.54, 1.807) is 0 Å². The highest BCUT2D eigenvalue weighted by molar-refractivity contribution is 9.10. The van der Waals surface area contributed by atoms with Gasteiger partial charge < -0.3 is 0 Å². The topological polar surface area (TPSA) is 0 Å². The van der Waals surface area contributed by atoms with Crippen molar-refractivity contribution >= 4 is 37.5 Å². The third-order valence-electron chi connectivity index (χ3n) is 5.14. The summed E-state index contributed by atoms with van der Waals surface area (Å²) in [5.41, 5.74) is 5.06. The van der Waals surface area contributed by atoms with Crippen LogP contribution in [0.3, 0.4) is 0 Å². The maximum atomic E-state index is 3.55. The molecule has 5 aromatic carbocycles. The van der Waals surface area contributed by atoms with Gasteiger partial charge in [0, 0.05) is 4.47 Å². The van der Waals surface area contributed by atoms with Crippen molar-refractivity contribution in [3.63, 3.8) is 0 Å². The summed E-state index contributed by atoms with van der Waals surface area (Å²) in [6.45, 7) is 0. The van der Waals surface area contributed by atoms with Crippen LogP contribution in [0, 0.1) is 0 Å². The van der Waals surface area contributed by atoms with E-state index < -0.39 is 0 Å². The minimum absolute atomic E-state index is 1.10. The van der Waals surface area contributed by atoms with Gasteiger partial charge in [-0.2, -0.15) is 0 Å². The maximum absolute atomic E-state index is 3.55. The van der Waals surface area contributed by atoms with E-state index in [-0.39, 0.29) is 0 Å². The predicted molar refractivity (Wildman–Crippen MR) is 120 cm³/mol. The number of hydrogen-bond acceptors (Lipinski definition) is 0. The van der Waals surface area contributed by atoms with Gasteiger partial charge in [0.15, 0.2) is 0 Å². The molecular weight excluding hydrogens is 392 g/mol. The van der Waals surface area contributed by atoms with Crippen LogP contribution in [-0.2, 0) is 0 Å². The zero-order valence-electron chi connectivity index (χ0n) is 14.7. The Morgan fingerprint density at radius 3 is 1.81 bits per heavy atom. The van der Waals surface area contributed by atoms with Gasteiger partial charge in [0.2, 0.25) is 0 Å². The highest BCUT2D eigenvalue weighted by Crippen LogP contribution is 2.39. The number of fused-ring (bicyclic) bond motifs is 2. The first-order valence-corrected chi connectivity index (χ1v) is 9.86. The van der Waals surface area contributed by atoms with Crippen molar-refractivity contribution in [2.45, 2.75) is 0 Å². The van der Waals surface area contributed by atoms with Crippen LogP contribution in [0.4, 0.5) is 0 Å². The summed E-state index contributed by atoms with van der Waals surface area (Å²) >= 11 is 3.55. The van der Waals surface area contributed by atoms with Crippen molar-refractivity contribution < 1.29 is 0 Å². The first kappa shape index (κ1) is 16.3. The van der Waals surface area contributed by atoms with E-state index in [0.29, 0.717) is 0 Å². The standard InChI is InChI=1S/C26H17Br/c27-21-16-14-19(15-17-21)23-11-4-8-20-9-5-13-25(26(20)23)24-12-3-7-18-6-1-2-10-22(18)24/h1-17H. The molecule has 5 aromatic rings. The molecule has 0 unspecified atom stereocenters. The summed E-state index contributed by atoms with van der Waals surface area (Å²) in [5.74, 6) is 0. The first-order chi connectivity index (χ1) is 13.3. The van der Waals surface area contributed by atoms with Crippen LogP contribution >= 0.6 is 15.9 Å². The van der Waals surface area contributed by atoms with Crippen molar-refractivity contribution in [3.8, 4) is 22.3 Å². The normalized spacial score (nSPS) is 11.1. The molecule has 0 amide bonds. The van der Waals surface area contributed by atoms with Gasteiger partial charge in [-0.15, -0.1) is 0 Å². The van der Waals surface area contributed by atoms with Crippen LogP contribution in [0.15, 0.2) is 108 Å². The lowest BCUT2D eigenvalue weighted by atomic mass is 9.89. The molecule has 27 heavy (non-hydrogen) atoms. The summed E-state index contributed by atoms with van der Waals surface area (Å²) in [4.78, 5) is 0. The Hall–Kier alpha value is -2.90. The van der Waals surface area contributed by atoms with Crippen molar-refractivity contribution in [1.29, 1.82) is 0 Å². The van der Waals surface area contributed by atoms with E-state index in [4.69, 9.17) is 0 Å². The number of halogens is 1. The Morgan fingerprint density at radius 2 is 1.04 bits per heavy atom. The van der Waals surface area contributed by atoms with E-state index in [1.807, 2.05) is 0 Å². The van der Waals surface area contributed by atoms with E-state index in [0.717, 1.165) is 4.47 Å². The fourth-order valence-electron chi connectivity index (χ4n) is 3.90. The lowest BCUT2D eigenvalue weighted by molar-refractivity contribution is 1.61. The third kappa shape index (κ3) is 2.85. The summed E-state index contributed by atoms with van der Waals surface area (Å²) in [5, 5.41) is 5.13. The molecule has 0 nitrogen and oxygen atoms in total. The average Bonchev–Trinajstić information content (AvgIpc) is 2.73. The number of rotatable bonds is 2. The molecule has 0 spiro atoms. The van der Waals surface area contributed by atoms with Crippen LogP contribution < -0.4 is 0 Å². The van der Waals surface area contributed by atoms with Crippen LogP contribution in [0.5, 0.6) is 0 Å². The largest absolute Gasteiger partial charge is 0.0616 e. The molecule has 5 rings (SSSR count). The van der Waals surface area contributed by atoms with Gasteiger partial charge in [0.1, 0.15) is 0 Å². The first-order valence-electron chi connectivity index (χ1n) is 9.07. The zero-order chi connectivity index (χ0) is 18.2. The molecule has 0 saturated heterocycles. The molecule has 0 saturated carbocycles. The highest BCUT2D eigenvalue weighted by Gasteiger charge is 2.12. The molecule has 0 aliphatic carbocycles. The number of benzene rings is 5. The van der Waals surface area contributed by atoms with E-state index >= 15 is 0 Å². The van der Waals surface area contributed by atoms with Crippen molar-refractivity contribution in [2.24, 2.45) is 0 Å². The predicted octanol–water partition coefficient (Wildman–Crippen LogP) is 8.09. The lowest BCUT2D eigenvalue weighted by Gasteiger charge is -2.14. The monoisotopic (exact) mass is 408 g/mol. The van der Waals surface area contributed by atoms with Crippen molar-refractivity contribution in [3.05, 3.63) is 108 Å². The Labute approximate surface area is 167 Å². The third-order valence-corrected chi connectivity index (χ3v) is 5.67. The molecular formula is C26H17Br. The second kappa shape index (κ2) is 6.68. The van der Waals surface area contributed by atoms with E-state index in [2.05, 4.69) is 119 Å². The minimum Gasteiger partial charge on any atom is -0.0616 e. The van der Waals surface area contributed by atoms with Crippen LogP contribution in [0.25, 0.3) is 43.8 Å². The number of hydrogen-bond donors (Lipinski definition) is 0. The molecule has 128 valence electrons. The second-order valence-electron chi connectivity index (χ2n) is 6.74. The highest BCUT2D eigenvalue weighted by atomic mass is 79.9. The molecule has 0 bridgehead atoms. The summed E-state index contributed by atoms with van der Waals surface area (Å²) < 4.78 is 1.10. The summed E-state index contributed by atoms with van der Waals surface area (Å²) in [6.07, 6.45) is 0. The molecule has 1 heteroatoms. The van der Waals surface area contributed by atoms with Gasteiger partial charge in [-0.25, -0.2) is 0 Å². The van der Waals surface area contributed by atoms with Crippen molar-refractivity contribution in [2.75, 3.05) is 0 Å². The quantitative estimate of drug-likeness (QED) is 0.276. The molecule has 0 radical (unpaired) electrons. The smallest absolute Gasteiger partial charge is 0.0175 e. The van der Waals surface area contributed by atoms with Crippen LogP contribution in [0.1, 0.15) is 0 Å². The van der Waals surface area contributed by atoms with Crippen LogP contribution in [0.2, 0.25) is 0 Å². The van der Waals surface area contributed by atoms with Gasteiger partial charge in [-0.1, -0.05) is 107 Å². The van der Waals surface area contributed by atoms with Gasteiger partial charge in [-0.3, -0.25) is 0 Å². The summed E-state index contributed by atoms with van der Waals surface area (Å²) in [7, 11) is 0. The molecule has 0 fully saturated rings. The van der Waals surface area contributed by atoms with Gasteiger partial charge >= 0.3 is 0 Å². The minimum atomic E-state index is 1.10. The van der Waals surface area contributed by atoms with Gasteiger partial charge in [0.05, 0.1) is 0 Å². The van der Waals surface area contributed by atoms with Crippen LogP contribution in [-0.4, -0.2) is 0 Å². The summed E-state index contributed by atoms with van der Waals surface area (Å²) in [6, 6.07) is 36.9. The molecule has 0 aromatic heterocycles. The molecule has 0 heterocycles. The Bertz CT molecular complexity index is 1260. The fourth-order valence-corrected chi connectivity index (χ4v) is 4.16. The Balaban J connectivity index is 1.87. The maximum Gasteiger partial charge on any atom is 0.0175 e. The fraction of sp³-hybridized carbons (Fsp3) is 0. The van der Waals surface area contributed by atoms with Gasteiger partial charge in [-0.05, 0) is 55.9 Å². The molecule has 0 N–H and O–H groups in total. The Morgan fingerprint density at radius 1 is 0.444 bits per heavy atom. The molecule has 0 atom stereocenters. The Kier molecular flexibility index (Phi) is 4.03. The molecule has 0 aliphatic heterocycles. The van der Waals surface area contributed by atoms with Crippen molar-refractivity contribution in [1.82, 2.24) is 0 Å². The van der Waals surface area contributed by atoms with E-state index in [1.165, 1.54) is 43.8 Å². The zero-order valence-corrected chi connectivity index (χ0v) is 16.3. The average molecular weight is 409 g/mol. The SMILES string of the molecule is Brc1ccc(-c2cccc3cccc(-c4cccc5ccccc45)c23)cc1. The lowest BCUT2D eigenvalue weighted by Crippen LogP contribution is -1.87. The van der Waals surface area contributed by atoms with E-state index in [9.17, 15) is 0 Å².